The molecule has 1 rings (SSSR count). The van der Waals surface area contributed by atoms with Gasteiger partial charge < -0.3 is 5.84 Å². The predicted octanol–water partition coefficient (Wildman–Crippen LogP) is 0.0736. The first-order valence-corrected chi connectivity index (χ1v) is 2.16. The van der Waals surface area contributed by atoms with E-state index in [1.165, 1.54) is 4.68 Å². The number of nitrogens with two attached hydrogens (primary N) is 1. The van der Waals surface area contributed by atoms with Crippen LogP contribution >= 0.6 is 0 Å². The summed E-state index contributed by atoms with van der Waals surface area (Å²) in [5.74, 6) is 5.22. The van der Waals surface area contributed by atoms with E-state index >= 15 is 0 Å². The van der Waals surface area contributed by atoms with Gasteiger partial charge in [0.05, 0.1) is 5.56 Å². The number of nitrogen functional groups attached to an aromatic ring is 1. The second-order valence-corrected chi connectivity index (χ2v) is 1.46. The first-order chi connectivity index (χ1) is 3.83. The molecule has 0 atom stereocenters. The van der Waals surface area contributed by atoms with Gasteiger partial charge in [-0.05, 0) is 6.07 Å². The van der Waals surface area contributed by atoms with Crippen LogP contribution in [0.2, 0.25) is 0 Å². The summed E-state index contributed by atoms with van der Waals surface area (Å²) in [6.45, 7) is 0. The number of nitriles is 1. The standard InChI is InChI=1S/C5H5N3/c6-3-5-1-2-8(7)4-5/h1-2,4H,7H2. The van der Waals surface area contributed by atoms with Gasteiger partial charge in [-0.15, -0.1) is 0 Å². The van der Waals surface area contributed by atoms with E-state index in [0.29, 0.717) is 5.56 Å². The van der Waals surface area contributed by atoms with E-state index in [-0.39, 0.29) is 0 Å². The van der Waals surface area contributed by atoms with E-state index in [4.69, 9.17) is 11.1 Å². The topological polar surface area (TPSA) is 54.7 Å². The molecule has 0 unspecified atom stereocenters. The van der Waals surface area contributed by atoms with Gasteiger partial charge in [0, 0.05) is 12.4 Å². The van der Waals surface area contributed by atoms with Crippen LogP contribution in [0.4, 0.5) is 0 Å². The van der Waals surface area contributed by atoms with Crippen LogP contribution in [0.3, 0.4) is 0 Å². The maximum atomic E-state index is 8.23. The average molecular weight is 107 g/mol. The number of nitrogens with zero attached hydrogens (tertiary/aromatic N) is 2. The molecule has 1 aromatic rings. The Kier molecular flexibility index (Phi) is 0.935. The van der Waals surface area contributed by atoms with Gasteiger partial charge in [0.15, 0.2) is 0 Å². The van der Waals surface area contributed by atoms with Crippen molar-refractivity contribution in [2.45, 2.75) is 0 Å². The molecule has 2 N–H and O–H groups in total. The molecule has 0 bridgehead atoms. The lowest BCUT2D eigenvalue weighted by Gasteiger charge is -1.81. The van der Waals surface area contributed by atoms with E-state index < -0.39 is 0 Å². The van der Waals surface area contributed by atoms with Crippen LogP contribution in [0.25, 0.3) is 0 Å². The Bertz CT molecular complexity index is 218. The molecule has 0 aliphatic rings. The lowest BCUT2D eigenvalue weighted by atomic mass is 10.4. The van der Waals surface area contributed by atoms with Crippen molar-refractivity contribution in [2.24, 2.45) is 0 Å². The van der Waals surface area contributed by atoms with Crippen molar-refractivity contribution in [1.29, 1.82) is 5.26 Å². The maximum Gasteiger partial charge on any atom is 0.101 e. The SMILES string of the molecule is N#Cc1ccn(N)c1. The fourth-order valence-corrected chi connectivity index (χ4v) is 0.479. The molecule has 0 aliphatic carbocycles. The number of rotatable bonds is 0. The third kappa shape index (κ3) is 0.636. The summed E-state index contributed by atoms with van der Waals surface area (Å²) >= 11 is 0. The van der Waals surface area contributed by atoms with Crippen LogP contribution in [0.5, 0.6) is 0 Å². The summed E-state index contributed by atoms with van der Waals surface area (Å²) < 4.78 is 1.35. The maximum absolute atomic E-state index is 8.23. The van der Waals surface area contributed by atoms with Crippen molar-refractivity contribution in [3.05, 3.63) is 24.0 Å². The van der Waals surface area contributed by atoms with Crippen molar-refractivity contribution >= 4 is 0 Å². The number of hydrogen-bond donors (Lipinski definition) is 1. The molecule has 0 aliphatic heterocycles. The molecule has 1 aromatic heterocycles. The van der Waals surface area contributed by atoms with Gasteiger partial charge in [-0.1, -0.05) is 0 Å². The quantitative estimate of drug-likeness (QED) is 0.477. The Morgan fingerprint density at radius 3 is 2.75 bits per heavy atom. The monoisotopic (exact) mass is 107 g/mol. The van der Waals surface area contributed by atoms with E-state index in [9.17, 15) is 0 Å². The Morgan fingerprint density at radius 1 is 1.75 bits per heavy atom. The Hall–Kier alpha value is -1.43. The summed E-state index contributed by atoms with van der Waals surface area (Å²) in [5, 5.41) is 8.23. The van der Waals surface area contributed by atoms with E-state index in [1.807, 2.05) is 6.07 Å². The first-order valence-electron chi connectivity index (χ1n) is 2.16. The molecule has 3 heteroatoms. The summed E-state index contributed by atoms with van der Waals surface area (Å²) in [5.41, 5.74) is 0.590. The molecule has 0 saturated heterocycles. The predicted molar refractivity (Wildman–Crippen MR) is 29.3 cm³/mol. The van der Waals surface area contributed by atoms with Gasteiger partial charge >= 0.3 is 0 Å². The molecule has 0 radical (unpaired) electrons. The van der Waals surface area contributed by atoms with E-state index in [2.05, 4.69) is 0 Å². The minimum atomic E-state index is 0.590. The van der Waals surface area contributed by atoms with E-state index in [0.717, 1.165) is 0 Å². The third-order valence-corrected chi connectivity index (χ3v) is 0.843. The summed E-state index contributed by atoms with van der Waals surface area (Å²) in [7, 11) is 0. The van der Waals surface area contributed by atoms with Gasteiger partial charge in [0.1, 0.15) is 6.07 Å². The molecule has 40 valence electrons. The Balaban J connectivity index is 3.05. The number of aromatic nitrogens is 1. The molecule has 0 saturated carbocycles. The molecule has 0 fully saturated rings. The largest absolute Gasteiger partial charge is 0.340 e. The van der Waals surface area contributed by atoms with Gasteiger partial charge in [0.25, 0.3) is 0 Å². The normalized spacial score (nSPS) is 8.38. The van der Waals surface area contributed by atoms with Crippen LogP contribution in [0.1, 0.15) is 5.56 Å². The second kappa shape index (κ2) is 1.58. The zero-order chi connectivity index (χ0) is 5.98. The molecular weight excluding hydrogens is 102 g/mol. The van der Waals surface area contributed by atoms with Crippen LogP contribution in [0, 0.1) is 11.3 Å². The third-order valence-electron chi connectivity index (χ3n) is 0.843. The van der Waals surface area contributed by atoms with Crippen LogP contribution in [-0.4, -0.2) is 4.68 Å². The average Bonchev–Trinajstić information content (AvgIpc) is 2.14. The van der Waals surface area contributed by atoms with Gasteiger partial charge in [-0.2, -0.15) is 5.26 Å². The molecule has 0 aromatic carbocycles. The summed E-state index contributed by atoms with van der Waals surface area (Å²) in [6, 6.07) is 3.60. The first kappa shape index (κ1) is 4.72. The smallest absolute Gasteiger partial charge is 0.101 e. The molecule has 3 nitrogen and oxygen atoms in total. The van der Waals surface area contributed by atoms with Crippen molar-refractivity contribution in [2.75, 3.05) is 5.84 Å². The fraction of sp³-hybridized carbons (Fsp3) is 0. The number of hydrogen-bond acceptors (Lipinski definition) is 2. The minimum absolute atomic E-state index is 0.590. The van der Waals surface area contributed by atoms with Crippen LogP contribution in [0.15, 0.2) is 18.5 Å². The van der Waals surface area contributed by atoms with Crippen LogP contribution < -0.4 is 5.84 Å². The fourth-order valence-electron chi connectivity index (χ4n) is 0.479. The molecule has 0 amide bonds. The van der Waals surface area contributed by atoms with Gasteiger partial charge in [0.2, 0.25) is 0 Å². The Labute approximate surface area is 46.9 Å². The van der Waals surface area contributed by atoms with Crippen molar-refractivity contribution < 1.29 is 0 Å². The van der Waals surface area contributed by atoms with Crippen molar-refractivity contribution in [3.63, 3.8) is 0 Å². The zero-order valence-corrected chi connectivity index (χ0v) is 4.20. The highest BCUT2D eigenvalue weighted by Crippen LogP contribution is 1.92. The summed E-state index contributed by atoms with van der Waals surface area (Å²) in [4.78, 5) is 0. The summed E-state index contributed by atoms with van der Waals surface area (Å²) in [6.07, 6.45) is 3.18. The van der Waals surface area contributed by atoms with Gasteiger partial charge in [-0.25, -0.2) is 0 Å². The van der Waals surface area contributed by atoms with Crippen molar-refractivity contribution in [1.82, 2.24) is 4.68 Å². The minimum Gasteiger partial charge on any atom is -0.340 e. The van der Waals surface area contributed by atoms with Gasteiger partial charge in [-0.3, -0.25) is 4.68 Å². The Morgan fingerprint density at radius 2 is 2.50 bits per heavy atom. The molecule has 8 heavy (non-hydrogen) atoms. The van der Waals surface area contributed by atoms with Crippen molar-refractivity contribution in [3.8, 4) is 6.07 Å². The highest BCUT2D eigenvalue weighted by Gasteiger charge is 1.87. The zero-order valence-electron chi connectivity index (χ0n) is 4.20. The lowest BCUT2D eigenvalue weighted by Crippen LogP contribution is -2.02. The van der Waals surface area contributed by atoms with E-state index in [1.54, 1.807) is 18.5 Å². The molecule has 0 spiro atoms. The highest BCUT2D eigenvalue weighted by molar-refractivity contribution is 5.25. The lowest BCUT2D eigenvalue weighted by molar-refractivity contribution is 1.02. The molecule has 1 heterocycles. The highest BCUT2D eigenvalue weighted by atomic mass is 15.3. The van der Waals surface area contributed by atoms with Crippen LogP contribution in [-0.2, 0) is 0 Å². The molecular formula is C5H5N3. The second-order valence-electron chi connectivity index (χ2n) is 1.46.